The molecular formula is C2H7BO2. The van der Waals surface area contributed by atoms with Gasteiger partial charge in [0.05, 0.1) is 0 Å². The third-order valence-corrected chi connectivity index (χ3v) is 0.295. The minimum atomic E-state index is -0.156. The van der Waals surface area contributed by atoms with E-state index in [1.807, 2.05) is 6.92 Å². The van der Waals surface area contributed by atoms with Gasteiger partial charge in [-0.25, -0.2) is 0 Å². The summed E-state index contributed by atoms with van der Waals surface area (Å²) in [6.45, 7) is 2.42. The first-order chi connectivity index (χ1) is 2.41. The third kappa shape index (κ3) is 3.98. The molecule has 5 heavy (non-hydrogen) atoms. The van der Waals surface area contributed by atoms with Gasteiger partial charge in [-0.3, -0.25) is 0 Å². The molecule has 0 aromatic carbocycles. The lowest BCUT2D eigenvalue weighted by molar-refractivity contribution is 0.302. The molecule has 30 valence electrons. The first-order valence-corrected chi connectivity index (χ1v) is 1.60. The van der Waals surface area contributed by atoms with Crippen LogP contribution in [0.3, 0.4) is 0 Å². The molecule has 0 saturated carbocycles. The van der Waals surface area contributed by atoms with E-state index in [9.17, 15) is 0 Å². The van der Waals surface area contributed by atoms with E-state index in [-0.39, 0.29) is 7.69 Å². The molecule has 0 aliphatic heterocycles. The third-order valence-electron chi connectivity index (χ3n) is 0.295. The molecular weight excluding hydrogens is 66.8 g/mol. The number of hydrogen-bond acceptors (Lipinski definition) is 2. The summed E-state index contributed by atoms with van der Waals surface area (Å²) < 4.78 is 4.39. The highest BCUT2D eigenvalue weighted by molar-refractivity contribution is 6.15. The van der Waals surface area contributed by atoms with Crippen LogP contribution in [-0.4, -0.2) is 19.3 Å². The monoisotopic (exact) mass is 74.1 g/mol. The lowest BCUT2D eigenvalue weighted by Crippen LogP contribution is -1.93. The fourth-order valence-electron chi connectivity index (χ4n) is 0.0913. The van der Waals surface area contributed by atoms with Crippen LogP contribution in [-0.2, 0) is 4.65 Å². The van der Waals surface area contributed by atoms with E-state index in [4.69, 9.17) is 5.02 Å². The van der Waals surface area contributed by atoms with E-state index >= 15 is 0 Å². The largest absolute Gasteiger partial charge is 0.435 e. The molecule has 0 aliphatic carbocycles. The summed E-state index contributed by atoms with van der Waals surface area (Å²) in [7, 11) is -0.156. The maximum absolute atomic E-state index is 7.84. The highest BCUT2D eigenvalue weighted by atomic mass is 16.5. The zero-order chi connectivity index (χ0) is 4.12. The average Bonchev–Trinajstić information content (AvgIpc) is 1.41. The van der Waals surface area contributed by atoms with Crippen molar-refractivity contribution in [3.05, 3.63) is 0 Å². The standard InChI is InChI=1S/C2H7BO2/c1-2-5-3-4/h3-4H,2H2,1H3. The first-order valence-electron chi connectivity index (χ1n) is 1.60. The summed E-state index contributed by atoms with van der Waals surface area (Å²) in [5.41, 5.74) is 0. The molecule has 0 spiro atoms. The molecule has 1 N–H and O–H groups in total. The van der Waals surface area contributed by atoms with E-state index in [1.54, 1.807) is 0 Å². The van der Waals surface area contributed by atoms with Gasteiger partial charge in [-0.1, -0.05) is 0 Å². The highest BCUT2D eigenvalue weighted by Crippen LogP contribution is 1.57. The van der Waals surface area contributed by atoms with Crippen LogP contribution in [0.5, 0.6) is 0 Å². The average molecular weight is 73.9 g/mol. The summed E-state index contributed by atoms with van der Waals surface area (Å²) in [5, 5.41) is 7.84. The van der Waals surface area contributed by atoms with Gasteiger partial charge in [0.25, 0.3) is 0 Å². The van der Waals surface area contributed by atoms with Crippen molar-refractivity contribution in [2.24, 2.45) is 0 Å². The molecule has 0 aliphatic rings. The Morgan fingerprint density at radius 2 is 2.60 bits per heavy atom. The van der Waals surface area contributed by atoms with E-state index in [1.165, 1.54) is 0 Å². The molecule has 3 heteroatoms. The van der Waals surface area contributed by atoms with Gasteiger partial charge in [-0.05, 0) is 6.92 Å². The van der Waals surface area contributed by atoms with Crippen molar-refractivity contribution in [1.82, 2.24) is 0 Å². The van der Waals surface area contributed by atoms with Crippen LogP contribution in [0.4, 0.5) is 0 Å². The Balaban J connectivity index is 2.19. The van der Waals surface area contributed by atoms with E-state index in [0.29, 0.717) is 6.61 Å². The van der Waals surface area contributed by atoms with Crippen LogP contribution in [0.1, 0.15) is 6.92 Å². The van der Waals surface area contributed by atoms with Crippen molar-refractivity contribution in [3.8, 4) is 0 Å². The van der Waals surface area contributed by atoms with Crippen LogP contribution >= 0.6 is 0 Å². The molecule has 0 fully saturated rings. The zero-order valence-corrected chi connectivity index (χ0v) is 3.27. The predicted octanol–water partition coefficient (Wildman–Crippen LogP) is -0.718. The zero-order valence-electron chi connectivity index (χ0n) is 3.27. The van der Waals surface area contributed by atoms with Crippen LogP contribution < -0.4 is 0 Å². The molecule has 0 saturated heterocycles. The van der Waals surface area contributed by atoms with Crippen molar-refractivity contribution in [3.63, 3.8) is 0 Å². The Kier molecular flexibility index (Phi) is 3.97. The van der Waals surface area contributed by atoms with Gasteiger partial charge >= 0.3 is 7.69 Å². The second-order valence-electron chi connectivity index (χ2n) is 0.622. The highest BCUT2D eigenvalue weighted by Gasteiger charge is 1.72. The first kappa shape index (κ1) is 4.98. The van der Waals surface area contributed by atoms with Crippen LogP contribution in [0.25, 0.3) is 0 Å². The van der Waals surface area contributed by atoms with Gasteiger partial charge in [-0.2, -0.15) is 0 Å². The fraction of sp³-hybridized carbons (Fsp3) is 1.00. The van der Waals surface area contributed by atoms with E-state index in [2.05, 4.69) is 4.65 Å². The van der Waals surface area contributed by atoms with Crippen molar-refractivity contribution in [2.45, 2.75) is 6.92 Å². The maximum Gasteiger partial charge on any atom is 0.435 e. The Morgan fingerprint density at radius 1 is 2.00 bits per heavy atom. The fourth-order valence-corrected chi connectivity index (χ4v) is 0.0913. The number of rotatable bonds is 2. The number of hydrogen-bond donors (Lipinski definition) is 1. The second kappa shape index (κ2) is 3.98. The van der Waals surface area contributed by atoms with Gasteiger partial charge in [0.1, 0.15) is 0 Å². The molecule has 0 aromatic heterocycles. The van der Waals surface area contributed by atoms with Crippen LogP contribution in [0.15, 0.2) is 0 Å². The van der Waals surface area contributed by atoms with Gasteiger partial charge in [0.15, 0.2) is 0 Å². The maximum atomic E-state index is 7.84. The van der Waals surface area contributed by atoms with E-state index in [0.717, 1.165) is 0 Å². The molecule has 0 radical (unpaired) electrons. The molecule has 0 aromatic rings. The SMILES string of the molecule is CCOBO. The predicted molar refractivity (Wildman–Crippen MR) is 21.0 cm³/mol. The minimum Gasteiger partial charge on any atom is -0.430 e. The lowest BCUT2D eigenvalue weighted by atomic mass is 10.4. The summed E-state index contributed by atoms with van der Waals surface area (Å²) in [6.07, 6.45) is 0. The van der Waals surface area contributed by atoms with Gasteiger partial charge in [0, 0.05) is 6.61 Å². The van der Waals surface area contributed by atoms with Gasteiger partial charge in [0.2, 0.25) is 0 Å². The Labute approximate surface area is 32.1 Å². The molecule has 0 bridgehead atoms. The Bertz CT molecular complexity index is 15.1. The molecule has 0 heterocycles. The molecule has 0 rings (SSSR count). The summed E-state index contributed by atoms with van der Waals surface area (Å²) in [6, 6.07) is 0. The van der Waals surface area contributed by atoms with Crippen LogP contribution in [0.2, 0.25) is 0 Å². The normalized spacial score (nSPS) is 7.60. The summed E-state index contributed by atoms with van der Waals surface area (Å²) in [4.78, 5) is 0. The van der Waals surface area contributed by atoms with Crippen molar-refractivity contribution >= 4 is 7.69 Å². The molecule has 0 unspecified atom stereocenters. The molecule has 0 atom stereocenters. The Hall–Kier alpha value is -0.0151. The summed E-state index contributed by atoms with van der Waals surface area (Å²) in [5.74, 6) is 0. The molecule has 2 nitrogen and oxygen atoms in total. The second-order valence-corrected chi connectivity index (χ2v) is 0.622. The summed E-state index contributed by atoms with van der Waals surface area (Å²) >= 11 is 0. The molecule has 0 amide bonds. The van der Waals surface area contributed by atoms with Gasteiger partial charge in [-0.15, -0.1) is 0 Å². The van der Waals surface area contributed by atoms with Gasteiger partial charge < -0.3 is 9.68 Å². The minimum absolute atomic E-state index is 0.156. The topological polar surface area (TPSA) is 29.5 Å². The quantitative estimate of drug-likeness (QED) is 0.438. The van der Waals surface area contributed by atoms with Crippen LogP contribution in [0, 0.1) is 0 Å². The lowest BCUT2D eigenvalue weighted by Gasteiger charge is -1.83. The van der Waals surface area contributed by atoms with E-state index < -0.39 is 0 Å². The van der Waals surface area contributed by atoms with Crippen molar-refractivity contribution in [2.75, 3.05) is 6.61 Å². The Morgan fingerprint density at radius 3 is 2.60 bits per heavy atom. The smallest absolute Gasteiger partial charge is 0.430 e. The van der Waals surface area contributed by atoms with Crippen molar-refractivity contribution in [1.29, 1.82) is 0 Å². The van der Waals surface area contributed by atoms with Crippen molar-refractivity contribution < 1.29 is 9.68 Å².